The third-order valence-corrected chi connectivity index (χ3v) is 5.50. The Morgan fingerprint density at radius 2 is 1.77 bits per heavy atom. The molecule has 2 aromatic rings. The predicted molar refractivity (Wildman–Crippen MR) is 120 cm³/mol. The zero-order chi connectivity index (χ0) is 22.6. The van der Waals surface area contributed by atoms with Crippen molar-refractivity contribution in [2.24, 2.45) is 0 Å². The molecule has 6 nitrogen and oxygen atoms in total. The minimum Gasteiger partial charge on any atom is -0.445 e. The van der Waals surface area contributed by atoms with E-state index in [9.17, 15) is 9.18 Å². The highest BCUT2D eigenvalue weighted by Crippen LogP contribution is 2.38. The molecule has 1 aliphatic heterocycles. The summed E-state index contributed by atoms with van der Waals surface area (Å²) in [4.78, 5) is 12.2. The number of anilines is 1. The number of carbonyl (C=O) groups is 1. The van der Waals surface area contributed by atoms with E-state index in [4.69, 9.17) is 19.8 Å². The fraction of sp³-hybridized carbons (Fsp3) is 0.348. The number of benzene rings is 2. The third-order valence-electron chi connectivity index (χ3n) is 5.50. The average Bonchev–Trinajstić information content (AvgIpc) is 2.90. The molecule has 0 bridgehead atoms. The van der Waals surface area contributed by atoms with Gasteiger partial charge in [-0.25, -0.2) is 9.18 Å². The van der Waals surface area contributed by atoms with Gasteiger partial charge in [-0.05, 0) is 62.5 Å². The zero-order valence-electron chi connectivity index (χ0n) is 18.3. The Morgan fingerprint density at radius 3 is 2.39 bits per heavy atom. The van der Waals surface area contributed by atoms with Crippen LogP contribution < -0.4 is 11.1 Å². The molecular formula is C23H28BFN2O4. The van der Waals surface area contributed by atoms with E-state index in [0.29, 0.717) is 16.7 Å². The van der Waals surface area contributed by atoms with Gasteiger partial charge in [0.2, 0.25) is 0 Å². The highest BCUT2D eigenvalue weighted by molar-refractivity contribution is 6.56. The lowest BCUT2D eigenvalue weighted by Crippen LogP contribution is -2.41. The van der Waals surface area contributed by atoms with Crippen molar-refractivity contribution in [3.05, 3.63) is 70.9 Å². The van der Waals surface area contributed by atoms with Crippen LogP contribution in [0.5, 0.6) is 0 Å². The molecule has 0 saturated carbocycles. The number of alkyl carbamates (subject to hydrolysis) is 1. The topological polar surface area (TPSA) is 82.8 Å². The van der Waals surface area contributed by atoms with Gasteiger partial charge in [-0.2, -0.15) is 0 Å². The molecule has 1 aliphatic rings. The summed E-state index contributed by atoms with van der Waals surface area (Å²) in [6.07, 6.45) is 1.13. The molecule has 1 amide bonds. The molecular weight excluding hydrogens is 398 g/mol. The Labute approximate surface area is 182 Å². The second-order valence-electron chi connectivity index (χ2n) is 8.54. The van der Waals surface area contributed by atoms with E-state index in [2.05, 4.69) is 5.32 Å². The summed E-state index contributed by atoms with van der Waals surface area (Å²) in [5, 5.41) is 2.72. The van der Waals surface area contributed by atoms with Crippen molar-refractivity contribution in [1.82, 2.24) is 5.32 Å². The summed E-state index contributed by atoms with van der Waals surface area (Å²) in [6.45, 7) is 8.00. The number of amides is 1. The third kappa shape index (κ3) is 5.86. The van der Waals surface area contributed by atoms with E-state index >= 15 is 0 Å². The van der Waals surface area contributed by atoms with Crippen molar-refractivity contribution in [1.29, 1.82) is 0 Å². The number of nitrogen functional groups attached to an aromatic ring is 1. The van der Waals surface area contributed by atoms with Crippen LogP contribution in [0.25, 0.3) is 6.08 Å². The number of nitrogens with two attached hydrogens (primary N) is 1. The van der Waals surface area contributed by atoms with Crippen molar-refractivity contribution in [2.45, 2.75) is 45.5 Å². The molecule has 0 atom stereocenters. The molecule has 1 saturated heterocycles. The Morgan fingerprint density at radius 1 is 1.13 bits per heavy atom. The molecule has 0 aliphatic carbocycles. The molecule has 164 valence electrons. The molecule has 0 spiro atoms. The Balaban J connectivity index is 1.74. The minimum atomic E-state index is -0.719. The maximum atomic E-state index is 13.8. The number of nitrogens with one attached hydrogen (secondary N) is 1. The van der Waals surface area contributed by atoms with Crippen molar-refractivity contribution in [3.63, 3.8) is 0 Å². The number of carbonyl (C=O) groups excluding carboxylic acids is 1. The highest BCUT2D eigenvalue weighted by atomic mass is 19.1. The first-order valence-corrected chi connectivity index (χ1v) is 10.1. The van der Waals surface area contributed by atoms with Crippen LogP contribution in [0.4, 0.5) is 14.9 Å². The lowest BCUT2D eigenvalue weighted by molar-refractivity contribution is 0.00578. The Bertz CT molecular complexity index is 927. The van der Waals surface area contributed by atoms with Crippen molar-refractivity contribution in [2.75, 3.05) is 12.3 Å². The second-order valence-corrected chi connectivity index (χ2v) is 8.54. The zero-order valence-corrected chi connectivity index (χ0v) is 18.3. The van der Waals surface area contributed by atoms with E-state index in [1.807, 2.05) is 58.0 Å². The van der Waals surface area contributed by atoms with Crippen molar-refractivity contribution in [3.8, 4) is 0 Å². The molecule has 3 rings (SSSR count). The fourth-order valence-corrected chi connectivity index (χ4v) is 3.08. The summed E-state index contributed by atoms with van der Waals surface area (Å²) in [5.41, 5.74) is 6.98. The molecule has 0 radical (unpaired) electrons. The first kappa shape index (κ1) is 22.8. The normalized spacial score (nSPS) is 17.5. The van der Waals surface area contributed by atoms with Crippen LogP contribution in [0.1, 0.15) is 38.8 Å². The van der Waals surface area contributed by atoms with Crippen LogP contribution in [0, 0.1) is 5.82 Å². The Kier molecular flexibility index (Phi) is 6.72. The molecule has 0 aromatic heterocycles. The quantitative estimate of drug-likeness (QED) is 0.530. The van der Waals surface area contributed by atoms with E-state index in [-0.39, 0.29) is 13.2 Å². The maximum Gasteiger partial charge on any atom is 0.492 e. The lowest BCUT2D eigenvalue weighted by Gasteiger charge is -2.32. The van der Waals surface area contributed by atoms with Gasteiger partial charge in [0.15, 0.2) is 0 Å². The molecule has 2 aromatic carbocycles. The van der Waals surface area contributed by atoms with Gasteiger partial charge < -0.3 is 25.1 Å². The van der Waals surface area contributed by atoms with E-state index in [1.54, 1.807) is 12.1 Å². The van der Waals surface area contributed by atoms with Crippen LogP contribution in [0.3, 0.4) is 0 Å². The van der Waals surface area contributed by atoms with Gasteiger partial charge in [0.25, 0.3) is 0 Å². The first-order valence-electron chi connectivity index (χ1n) is 10.1. The largest absolute Gasteiger partial charge is 0.492 e. The molecule has 3 N–H and O–H groups in total. The maximum absolute atomic E-state index is 13.8. The van der Waals surface area contributed by atoms with Crippen LogP contribution in [0.2, 0.25) is 0 Å². The van der Waals surface area contributed by atoms with Crippen LogP contribution in [0.15, 0.2) is 54.0 Å². The second kappa shape index (κ2) is 9.12. The van der Waals surface area contributed by atoms with Gasteiger partial charge in [0, 0.05) is 12.2 Å². The fourth-order valence-electron chi connectivity index (χ4n) is 3.08. The van der Waals surface area contributed by atoms with Gasteiger partial charge in [-0.1, -0.05) is 36.4 Å². The molecule has 0 unspecified atom stereocenters. The molecule has 8 heteroatoms. The van der Waals surface area contributed by atoms with Crippen molar-refractivity contribution >= 4 is 25.0 Å². The summed E-state index contributed by atoms with van der Waals surface area (Å²) < 4.78 is 31.3. The summed E-state index contributed by atoms with van der Waals surface area (Å²) in [6, 6.07) is 13.6. The van der Waals surface area contributed by atoms with Crippen LogP contribution in [-0.4, -0.2) is 31.0 Å². The number of ether oxygens (including phenoxy) is 1. The molecule has 31 heavy (non-hydrogen) atoms. The van der Waals surface area contributed by atoms with Gasteiger partial charge in [-0.15, -0.1) is 0 Å². The summed E-state index contributed by atoms with van der Waals surface area (Å²) in [7, 11) is -0.719. The van der Waals surface area contributed by atoms with Gasteiger partial charge in [0.1, 0.15) is 12.4 Å². The summed E-state index contributed by atoms with van der Waals surface area (Å²) in [5.74, 6) is -0.449. The SMILES string of the molecule is CC1(C)OB(C(=Cc2cc(N)cc(F)c2)CNC(=O)OCc2ccccc2)OC1(C)C. The number of hydrogen-bond acceptors (Lipinski definition) is 5. The Hall–Kier alpha value is -2.84. The monoisotopic (exact) mass is 426 g/mol. The van der Waals surface area contributed by atoms with Gasteiger partial charge >= 0.3 is 13.2 Å². The smallest absolute Gasteiger partial charge is 0.445 e. The van der Waals surface area contributed by atoms with Crippen LogP contribution in [-0.2, 0) is 20.7 Å². The van der Waals surface area contributed by atoms with Gasteiger partial charge in [-0.3, -0.25) is 0 Å². The van der Waals surface area contributed by atoms with E-state index in [0.717, 1.165) is 5.56 Å². The number of rotatable bonds is 6. The molecule has 1 fully saturated rings. The summed E-state index contributed by atoms with van der Waals surface area (Å²) >= 11 is 0. The van der Waals surface area contributed by atoms with Crippen molar-refractivity contribution < 1.29 is 23.2 Å². The number of hydrogen-bond donors (Lipinski definition) is 2. The van der Waals surface area contributed by atoms with Crippen LogP contribution >= 0.6 is 0 Å². The van der Waals surface area contributed by atoms with E-state index < -0.39 is 30.2 Å². The van der Waals surface area contributed by atoms with E-state index in [1.165, 1.54) is 12.1 Å². The molecule has 1 heterocycles. The first-order chi connectivity index (χ1) is 14.6. The minimum absolute atomic E-state index is 0.0981. The highest BCUT2D eigenvalue weighted by Gasteiger charge is 2.52. The standard InChI is InChI=1S/C23H28BFN2O4/c1-22(2)23(3,4)31-24(30-22)18(10-17-11-19(25)13-20(26)12-17)14-27-21(28)29-15-16-8-6-5-7-9-16/h5-13H,14-15,26H2,1-4H3,(H,27,28). The van der Waals surface area contributed by atoms with Gasteiger partial charge in [0.05, 0.1) is 11.2 Å². The number of halogens is 1. The average molecular weight is 426 g/mol. The lowest BCUT2D eigenvalue weighted by atomic mass is 9.77. The predicted octanol–water partition coefficient (Wildman–Crippen LogP) is 4.35.